The van der Waals surface area contributed by atoms with Crippen LogP contribution < -0.4 is 0 Å². The van der Waals surface area contributed by atoms with Gasteiger partial charge in [0, 0.05) is 18.4 Å². The fraction of sp³-hybridized carbons (Fsp3) is 0.278. The molecule has 0 saturated carbocycles. The van der Waals surface area contributed by atoms with E-state index < -0.39 is 5.41 Å². The second kappa shape index (κ2) is 4.91. The van der Waals surface area contributed by atoms with Gasteiger partial charge in [0.2, 0.25) is 0 Å². The summed E-state index contributed by atoms with van der Waals surface area (Å²) in [7, 11) is 0. The number of aromatic hydroxyl groups is 4. The molecule has 1 atom stereocenters. The molecule has 1 aliphatic rings. The monoisotopic (exact) mass is 314 g/mol. The van der Waals surface area contributed by atoms with E-state index in [1.807, 2.05) is 13.8 Å². The number of carbonyl (C=O) groups is 1. The maximum absolute atomic E-state index is 12.5. The number of phenolic OH excluding ortho intramolecular Hbond substituents is 4. The summed E-state index contributed by atoms with van der Waals surface area (Å²) in [5, 5.41) is 39.0. The number of hydrogen-bond donors (Lipinski definition) is 4. The zero-order chi connectivity index (χ0) is 16.9. The van der Waals surface area contributed by atoms with Crippen LogP contribution in [0.2, 0.25) is 0 Å². The molecule has 120 valence electrons. The van der Waals surface area contributed by atoms with Crippen molar-refractivity contribution in [3.63, 3.8) is 0 Å². The lowest BCUT2D eigenvalue weighted by molar-refractivity contribution is 0.0938. The Morgan fingerprint density at radius 2 is 1.65 bits per heavy atom. The second-order valence-corrected chi connectivity index (χ2v) is 6.54. The summed E-state index contributed by atoms with van der Waals surface area (Å²) in [6, 6.07) is 7.17. The Labute approximate surface area is 133 Å². The molecule has 5 nitrogen and oxygen atoms in total. The first-order chi connectivity index (χ1) is 10.7. The first kappa shape index (κ1) is 15.2. The summed E-state index contributed by atoms with van der Waals surface area (Å²) < 4.78 is 0. The Kier molecular flexibility index (Phi) is 3.25. The molecule has 0 fully saturated rings. The van der Waals surface area contributed by atoms with Crippen LogP contribution in [0.5, 0.6) is 23.0 Å². The highest BCUT2D eigenvalue weighted by Gasteiger charge is 2.42. The van der Waals surface area contributed by atoms with Gasteiger partial charge >= 0.3 is 0 Å². The van der Waals surface area contributed by atoms with E-state index in [-0.39, 0.29) is 46.7 Å². The first-order valence-corrected chi connectivity index (χ1v) is 7.33. The zero-order valence-electron chi connectivity index (χ0n) is 12.9. The van der Waals surface area contributed by atoms with Gasteiger partial charge in [0.15, 0.2) is 17.3 Å². The third-order valence-corrected chi connectivity index (χ3v) is 4.74. The van der Waals surface area contributed by atoms with Crippen LogP contribution in [0, 0.1) is 0 Å². The highest BCUT2D eigenvalue weighted by atomic mass is 16.3. The molecule has 0 bridgehead atoms. The van der Waals surface area contributed by atoms with E-state index in [1.54, 1.807) is 6.07 Å². The Hall–Kier alpha value is -2.69. The van der Waals surface area contributed by atoms with Crippen molar-refractivity contribution in [3.8, 4) is 23.0 Å². The quantitative estimate of drug-likeness (QED) is 0.606. The van der Waals surface area contributed by atoms with Gasteiger partial charge in [-0.05, 0) is 34.7 Å². The van der Waals surface area contributed by atoms with Crippen molar-refractivity contribution in [2.75, 3.05) is 0 Å². The fourth-order valence-corrected chi connectivity index (χ4v) is 3.44. The first-order valence-electron chi connectivity index (χ1n) is 7.33. The number of ketones is 1. The Balaban J connectivity index is 2.18. The number of fused-ring (bicyclic) bond motifs is 1. The van der Waals surface area contributed by atoms with Gasteiger partial charge in [0.25, 0.3) is 0 Å². The fourth-order valence-electron chi connectivity index (χ4n) is 3.44. The topological polar surface area (TPSA) is 98.0 Å². The van der Waals surface area contributed by atoms with Crippen molar-refractivity contribution in [2.45, 2.75) is 31.6 Å². The highest BCUT2D eigenvalue weighted by molar-refractivity contribution is 6.02. The minimum Gasteiger partial charge on any atom is -0.508 e. The summed E-state index contributed by atoms with van der Waals surface area (Å²) in [6.07, 6.45) is 0.169. The number of Topliss-reactive ketones (excluding diaryl/α,β-unsaturated/α-hetero) is 1. The van der Waals surface area contributed by atoms with Crippen molar-refractivity contribution in [2.24, 2.45) is 0 Å². The minimum absolute atomic E-state index is 0.101. The van der Waals surface area contributed by atoms with Gasteiger partial charge in [-0.2, -0.15) is 0 Å². The van der Waals surface area contributed by atoms with E-state index in [4.69, 9.17) is 0 Å². The molecule has 0 spiro atoms. The van der Waals surface area contributed by atoms with Crippen LogP contribution in [0.4, 0.5) is 0 Å². The van der Waals surface area contributed by atoms with Crippen LogP contribution >= 0.6 is 0 Å². The molecule has 23 heavy (non-hydrogen) atoms. The lowest BCUT2D eigenvalue weighted by Gasteiger charge is -2.40. The number of hydrogen-bond acceptors (Lipinski definition) is 5. The van der Waals surface area contributed by atoms with Gasteiger partial charge in [-0.25, -0.2) is 0 Å². The van der Waals surface area contributed by atoms with Gasteiger partial charge in [0.1, 0.15) is 11.5 Å². The number of benzene rings is 2. The summed E-state index contributed by atoms with van der Waals surface area (Å²) in [5.41, 5.74) is 0.978. The normalized spacial score (nSPS) is 19.4. The third kappa shape index (κ3) is 2.29. The van der Waals surface area contributed by atoms with Gasteiger partial charge in [0.05, 0.1) is 5.56 Å². The predicted octanol–water partition coefficient (Wildman–Crippen LogP) is 3.16. The predicted molar refractivity (Wildman–Crippen MR) is 84.3 cm³/mol. The van der Waals surface area contributed by atoms with E-state index in [9.17, 15) is 25.2 Å². The molecule has 1 aliphatic carbocycles. The number of rotatable bonds is 1. The lowest BCUT2D eigenvalue weighted by atomic mass is 9.62. The van der Waals surface area contributed by atoms with Gasteiger partial charge < -0.3 is 20.4 Å². The molecule has 0 aliphatic heterocycles. The molecule has 0 heterocycles. The Morgan fingerprint density at radius 3 is 2.30 bits per heavy atom. The molecular weight excluding hydrogens is 296 g/mol. The van der Waals surface area contributed by atoms with Gasteiger partial charge in [-0.3, -0.25) is 4.79 Å². The summed E-state index contributed by atoms with van der Waals surface area (Å²) in [5.74, 6) is -1.24. The average molecular weight is 314 g/mol. The summed E-state index contributed by atoms with van der Waals surface area (Å²) >= 11 is 0. The summed E-state index contributed by atoms with van der Waals surface area (Å²) in [6.45, 7) is 3.84. The molecule has 0 saturated heterocycles. The van der Waals surface area contributed by atoms with E-state index in [0.717, 1.165) is 0 Å². The van der Waals surface area contributed by atoms with E-state index in [0.29, 0.717) is 11.1 Å². The molecule has 1 unspecified atom stereocenters. The Morgan fingerprint density at radius 1 is 0.957 bits per heavy atom. The highest BCUT2D eigenvalue weighted by Crippen LogP contribution is 2.50. The van der Waals surface area contributed by atoms with Crippen molar-refractivity contribution in [1.29, 1.82) is 0 Å². The molecule has 2 aromatic rings. The molecule has 0 aromatic heterocycles. The Bertz CT molecular complexity index is 807. The molecule has 5 heteroatoms. The largest absolute Gasteiger partial charge is 0.508 e. The second-order valence-electron chi connectivity index (χ2n) is 6.54. The summed E-state index contributed by atoms with van der Waals surface area (Å²) in [4.78, 5) is 12.5. The minimum atomic E-state index is -0.553. The molecule has 0 radical (unpaired) electrons. The molecule has 2 aromatic carbocycles. The van der Waals surface area contributed by atoms with Crippen molar-refractivity contribution in [1.82, 2.24) is 0 Å². The van der Waals surface area contributed by atoms with Crippen LogP contribution in [0.15, 0.2) is 30.3 Å². The smallest absolute Gasteiger partial charge is 0.167 e. The molecular formula is C18H18O5. The van der Waals surface area contributed by atoms with E-state index >= 15 is 0 Å². The van der Waals surface area contributed by atoms with Crippen LogP contribution in [0.25, 0.3) is 0 Å². The van der Waals surface area contributed by atoms with Crippen LogP contribution in [0.3, 0.4) is 0 Å². The third-order valence-electron chi connectivity index (χ3n) is 4.74. The maximum Gasteiger partial charge on any atom is 0.167 e. The van der Waals surface area contributed by atoms with Gasteiger partial charge in [-0.1, -0.05) is 19.9 Å². The average Bonchev–Trinajstić information content (AvgIpc) is 2.45. The number of carbonyl (C=O) groups excluding carboxylic acids is 1. The standard InChI is InChI=1S/C18H18O5/c1-18(2)11(9-3-4-13(20)14(21)5-9)8-16(23)17-12(18)6-10(19)7-15(17)22/h3-7,11,19-22H,8H2,1-2H3. The van der Waals surface area contributed by atoms with Crippen molar-refractivity contribution in [3.05, 3.63) is 47.0 Å². The zero-order valence-corrected chi connectivity index (χ0v) is 12.9. The van der Waals surface area contributed by atoms with E-state index in [1.165, 1.54) is 24.3 Å². The van der Waals surface area contributed by atoms with Crippen LogP contribution in [0.1, 0.15) is 47.7 Å². The molecule has 4 N–H and O–H groups in total. The number of phenols is 4. The lowest BCUT2D eigenvalue weighted by Crippen LogP contribution is -2.35. The molecule has 3 rings (SSSR count). The van der Waals surface area contributed by atoms with Crippen molar-refractivity contribution < 1.29 is 25.2 Å². The molecule has 0 amide bonds. The van der Waals surface area contributed by atoms with Crippen LogP contribution in [-0.2, 0) is 5.41 Å². The van der Waals surface area contributed by atoms with E-state index in [2.05, 4.69) is 0 Å². The van der Waals surface area contributed by atoms with Crippen molar-refractivity contribution >= 4 is 5.78 Å². The maximum atomic E-state index is 12.5. The SMILES string of the molecule is CC1(C)c2cc(O)cc(O)c2C(=O)CC1c1ccc(O)c(O)c1. The van der Waals surface area contributed by atoms with Crippen LogP contribution in [-0.4, -0.2) is 26.2 Å². The van der Waals surface area contributed by atoms with Gasteiger partial charge in [-0.15, -0.1) is 0 Å².